The molecule has 8 heteroatoms. The summed E-state index contributed by atoms with van der Waals surface area (Å²) >= 11 is 0. The van der Waals surface area contributed by atoms with Crippen molar-refractivity contribution < 1.29 is 35.2 Å². The fourth-order valence-electron chi connectivity index (χ4n) is 1.24. The lowest BCUT2D eigenvalue weighted by Gasteiger charge is -1.98. The van der Waals surface area contributed by atoms with Gasteiger partial charge >= 0.3 is 0 Å². The van der Waals surface area contributed by atoms with E-state index in [1.165, 1.54) is 6.42 Å². The maximum atomic E-state index is 5.89. The lowest BCUT2D eigenvalue weighted by Crippen LogP contribution is -3.00. The average molecular weight is 363 g/mol. The summed E-state index contributed by atoms with van der Waals surface area (Å²) < 4.78 is 0. The Bertz CT molecular complexity index is 254. The molecule has 20 heavy (non-hydrogen) atoms. The van der Waals surface area contributed by atoms with Crippen LogP contribution in [0.15, 0.2) is 0 Å². The molecule has 0 radical (unpaired) electrons. The maximum Gasteiger partial charge on any atom is 0.241 e. The van der Waals surface area contributed by atoms with Crippen LogP contribution in [-0.4, -0.2) is 43.2 Å². The zero-order valence-electron chi connectivity index (χ0n) is 12.4. The molecule has 0 aromatic heterocycles. The first-order valence-electron chi connectivity index (χ1n) is 6.49. The molecule has 0 aromatic carbocycles. The summed E-state index contributed by atoms with van der Waals surface area (Å²) in [5.41, 5.74) is 6.91. The van der Waals surface area contributed by atoms with Crippen molar-refractivity contribution >= 4 is 33.1 Å². The van der Waals surface area contributed by atoms with E-state index in [1.54, 1.807) is 0 Å². The van der Waals surface area contributed by atoms with E-state index < -0.39 is 0 Å². The number of hydrogen-bond donors (Lipinski definition) is 4. The fraction of sp³-hybridized carbons (Fsp3) is 0.833. The Kier molecular flexibility index (Phi) is 24.6. The third kappa shape index (κ3) is 20.7. The lowest BCUT2D eigenvalue weighted by atomic mass is 10.3. The van der Waals surface area contributed by atoms with Crippen LogP contribution in [0.5, 0.6) is 0 Å². The van der Waals surface area contributed by atoms with Gasteiger partial charge in [0.1, 0.15) is 5.71 Å². The molecule has 0 saturated heterocycles. The van der Waals surface area contributed by atoms with Crippen molar-refractivity contribution in [3.8, 4) is 0 Å². The summed E-state index contributed by atoms with van der Waals surface area (Å²) in [6.07, 6.45) is 4.29. The number of hydrogen-bond acceptors (Lipinski definition) is 3. The second-order valence-electron chi connectivity index (χ2n) is 4.25. The Morgan fingerprint density at radius 1 is 1.15 bits per heavy atom. The molecule has 0 aliphatic heterocycles. The van der Waals surface area contributed by atoms with Crippen molar-refractivity contribution in [1.82, 2.24) is 5.32 Å². The van der Waals surface area contributed by atoms with Gasteiger partial charge in [0, 0.05) is 24.9 Å². The summed E-state index contributed by atoms with van der Waals surface area (Å²) in [5.74, 6) is 3.06. The van der Waals surface area contributed by atoms with Crippen LogP contribution in [0.1, 0.15) is 32.6 Å². The van der Waals surface area contributed by atoms with Crippen LogP contribution in [-0.2, 0) is 0 Å². The maximum absolute atomic E-state index is 5.89. The minimum atomic E-state index is 0. The minimum absolute atomic E-state index is 0. The number of nitrogens with two attached hydrogens (primary N) is 2. The summed E-state index contributed by atoms with van der Waals surface area (Å²) in [6.45, 7) is 4.02. The molecular weight excluding hydrogens is 335 g/mol. The molecule has 0 saturated carbocycles. The molecular formula is C12H28Cl2N4S2. The van der Waals surface area contributed by atoms with Crippen LogP contribution in [0.25, 0.3) is 0 Å². The van der Waals surface area contributed by atoms with Gasteiger partial charge in [0.2, 0.25) is 5.84 Å². The van der Waals surface area contributed by atoms with Crippen LogP contribution < -0.4 is 46.3 Å². The van der Waals surface area contributed by atoms with Gasteiger partial charge in [0.15, 0.2) is 0 Å². The van der Waals surface area contributed by atoms with Gasteiger partial charge in [0.25, 0.3) is 0 Å². The molecule has 0 rings (SSSR count). The van der Waals surface area contributed by atoms with Crippen LogP contribution in [0.3, 0.4) is 0 Å². The van der Waals surface area contributed by atoms with E-state index >= 15 is 0 Å². The minimum Gasteiger partial charge on any atom is -1.00 e. The van der Waals surface area contributed by atoms with Gasteiger partial charge < -0.3 is 30.1 Å². The first-order chi connectivity index (χ1) is 8.66. The smallest absolute Gasteiger partial charge is 0.241 e. The van der Waals surface area contributed by atoms with E-state index in [2.05, 4.69) is 10.3 Å². The Balaban J connectivity index is -0.00000144. The van der Waals surface area contributed by atoms with Gasteiger partial charge in [-0.3, -0.25) is 16.1 Å². The van der Waals surface area contributed by atoms with Gasteiger partial charge in [-0.1, -0.05) is 21.6 Å². The Hall–Kier alpha value is 0.380. The highest BCUT2D eigenvalue weighted by Crippen LogP contribution is 2.22. The van der Waals surface area contributed by atoms with Crippen molar-refractivity contribution in [2.45, 2.75) is 32.6 Å². The predicted octanol–water partition coefficient (Wildman–Crippen LogP) is -7.19. The molecule has 6 N–H and O–H groups in total. The Labute approximate surface area is 143 Å². The SMILES string of the molecule is CNCCCC[NH+]=C(N)CCSSCCC(C)=[NH2+].[Cl-].[Cl-]. The number of amidine groups is 1. The molecule has 4 nitrogen and oxygen atoms in total. The highest BCUT2D eigenvalue weighted by atomic mass is 35.5. The number of halogens is 2. The first-order valence-corrected chi connectivity index (χ1v) is 8.97. The molecule has 0 aliphatic carbocycles. The second kappa shape index (κ2) is 19.4. The van der Waals surface area contributed by atoms with E-state index in [4.69, 9.17) is 11.1 Å². The molecule has 0 spiro atoms. The topological polar surface area (TPSA) is 77.6 Å². The quantitative estimate of drug-likeness (QED) is 0.120. The third-order valence-electron chi connectivity index (χ3n) is 2.32. The molecule has 0 heterocycles. The van der Waals surface area contributed by atoms with Crippen LogP contribution in [0, 0.1) is 0 Å². The molecule has 0 atom stereocenters. The molecule has 122 valence electrons. The lowest BCUT2D eigenvalue weighted by molar-refractivity contribution is -0.460. The van der Waals surface area contributed by atoms with E-state index in [0.29, 0.717) is 0 Å². The van der Waals surface area contributed by atoms with Crippen LogP contribution >= 0.6 is 21.6 Å². The normalized spacial score (nSPS) is 10.6. The molecule has 0 amide bonds. The molecule has 0 aromatic rings. The molecule has 0 aliphatic rings. The number of nitrogens with one attached hydrogen (secondary N) is 2. The van der Waals surface area contributed by atoms with E-state index in [0.717, 1.165) is 55.4 Å². The highest BCUT2D eigenvalue weighted by Gasteiger charge is 2.00. The fourth-order valence-corrected chi connectivity index (χ4v) is 3.39. The molecule has 0 bridgehead atoms. The zero-order chi connectivity index (χ0) is 13.6. The average Bonchev–Trinajstić information content (AvgIpc) is 2.33. The van der Waals surface area contributed by atoms with Crippen molar-refractivity contribution in [3.63, 3.8) is 0 Å². The van der Waals surface area contributed by atoms with Crippen LogP contribution in [0.4, 0.5) is 0 Å². The number of unbranched alkanes of at least 4 members (excludes halogenated alkanes) is 1. The van der Waals surface area contributed by atoms with Crippen molar-refractivity contribution in [2.24, 2.45) is 5.73 Å². The van der Waals surface area contributed by atoms with Crippen LogP contribution in [0.2, 0.25) is 0 Å². The van der Waals surface area contributed by atoms with Crippen molar-refractivity contribution in [1.29, 1.82) is 0 Å². The third-order valence-corrected chi connectivity index (χ3v) is 4.73. The summed E-state index contributed by atoms with van der Waals surface area (Å²) in [4.78, 5) is 3.27. The van der Waals surface area contributed by atoms with Crippen molar-refractivity contribution in [3.05, 3.63) is 0 Å². The standard InChI is InChI=1S/C12H26N4S2.2ClH/c1-11(13)5-9-17-18-10-6-12(14)16-8-4-3-7-15-2;;/h13,15H,3-10H2,1-2H3,(H2,14,16);2*1H. The largest absolute Gasteiger partial charge is 1.00 e. The van der Waals surface area contributed by atoms with E-state index in [9.17, 15) is 0 Å². The van der Waals surface area contributed by atoms with Gasteiger partial charge in [-0.2, -0.15) is 0 Å². The zero-order valence-corrected chi connectivity index (χ0v) is 15.5. The van der Waals surface area contributed by atoms with Gasteiger partial charge in [-0.25, -0.2) is 0 Å². The monoisotopic (exact) mass is 362 g/mol. The summed E-state index contributed by atoms with van der Waals surface area (Å²) in [5, 5.41) is 8.74. The highest BCUT2D eigenvalue weighted by molar-refractivity contribution is 8.76. The Morgan fingerprint density at radius 3 is 2.30 bits per heavy atom. The number of rotatable bonds is 12. The molecule has 0 unspecified atom stereocenters. The van der Waals surface area contributed by atoms with Gasteiger partial charge in [-0.15, -0.1) is 0 Å². The van der Waals surface area contributed by atoms with Gasteiger partial charge in [-0.05, 0) is 26.4 Å². The Morgan fingerprint density at radius 2 is 1.75 bits per heavy atom. The summed E-state index contributed by atoms with van der Waals surface area (Å²) in [6, 6.07) is 0. The van der Waals surface area contributed by atoms with E-state index in [1.807, 2.05) is 35.6 Å². The van der Waals surface area contributed by atoms with Gasteiger partial charge in [0.05, 0.1) is 13.0 Å². The van der Waals surface area contributed by atoms with E-state index in [-0.39, 0.29) is 24.8 Å². The second-order valence-corrected chi connectivity index (χ2v) is 6.96. The summed E-state index contributed by atoms with van der Waals surface area (Å²) in [7, 11) is 5.72. The predicted molar refractivity (Wildman–Crippen MR) is 84.9 cm³/mol. The first kappa shape index (κ1) is 25.3. The van der Waals surface area contributed by atoms with Crippen molar-refractivity contribution in [2.75, 3.05) is 31.6 Å². The molecule has 0 fully saturated rings.